The van der Waals surface area contributed by atoms with Crippen LogP contribution in [0.15, 0.2) is 4.99 Å². The van der Waals surface area contributed by atoms with Crippen LogP contribution < -0.4 is 0 Å². The standard InChI is InChI=1S/C15H25NO3Si/c1-13(2,3)20(4,5)19-14-6-8-15(9-7-14,16-11-17)12(18)10-14/h6-10H2,1-5H3. The fraction of sp³-hybridized carbons (Fsp3) is 0.867. The second-order valence-corrected chi connectivity index (χ2v) is 12.6. The Bertz CT molecular complexity index is 464. The lowest BCUT2D eigenvalue weighted by Crippen LogP contribution is -2.60. The lowest BCUT2D eigenvalue weighted by molar-refractivity contribution is -0.142. The summed E-state index contributed by atoms with van der Waals surface area (Å²) in [4.78, 5) is 26.8. The van der Waals surface area contributed by atoms with Crippen LogP contribution in [-0.2, 0) is 14.0 Å². The Kier molecular flexibility index (Phi) is 3.60. The summed E-state index contributed by atoms with van der Waals surface area (Å²) in [6, 6.07) is 0. The Morgan fingerprint density at radius 2 is 1.75 bits per heavy atom. The molecule has 0 aromatic carbocycles. The molecule has 0 saturated heterocycles. The average Bonchev–Trinajstić information content (AvgIpc) is 2.29. The van der Waals surface area contributed by atoms with E-state index in [0.717, 1.165) is 12.8 Å². The third kappa shape index (κ3) is 2.43. The molecule has 0 aromatic heterocycles. The molecule has 3 rings (SSSR count). The molecule has 2 bridgehead atoms. The number of rotatable bonds is 3. The van der Waals surface area contributed by atoms with E-state index < -0.39 is 13.9 Å². The molecule has 0 amide bonds. The minimum Gasteiger partial charge on any atom is -0.411 e. The molecule has 20 heavy (non-hydrogen) atoms. The number of fused-ring (bicyclic) bond motifs is 3. The summed E-state index contributed by atoms with van der Waals surface area (Å²) in [5, 5.41) is 0.137. The van der Waals surface area contributed by atoms with E-state index in [4.69, 9.17) is 4.43 Å². The number of aliphatic imine (C=N–C) groups is 1. The highest BCUT2D eigenvalue weighted by atomic mass is 28.4. The number of hydrogen-bond acceptors (Lipinski definition) is 4. The zero-order valence-corrected chi connectivity index (χ0v) is 14.2. The fourth-order valence-corrected chi connectivity index (χ4v) is 4.79. The Hall–Kier alpha value is -0.773. The summed E-state index contributed by atoms with van der Waals surface area (Å²) >= 11 is 0. The largest absolute Gasteiger partial charge is 0.411 e. The van der Waals surface area contributed by atoms with Gasteiger partial charge in [0, 0.05) is 6.42 Å². The molecule has 0 radical (unpaired) electrons. The summed E-state index contributed by atoms with van der Waals surface area (Å²) in [7, 11) is -1.89. The van der Waals surface area contributed by atoms with Crippen molar-refractivity contribution in [2.45, 2.75) is 82.1 Å². The first kappa shape index (κ1) is 15.6. The summed E-state index contributed by atoms with van der Waals surface area (Å²) < 4.78 is 6.59. The molecule has 3 aliphatic rings. The van der Waals surface area contributed by atoms with E-state index in [9.17, 15) is 9.59 Å². The van der Waals surface area contributed by atoms with Crippen molar-refractivity contribution in [3.05, 3.63) is 0 Å². The van der Waals surface area contributed by atoms with Crippen molar-refractivity contribution in [1.29, 1.82) is 0 Å². The van der Waals surface area contributed by atoms with Gasteiger partial charge < -0.3 is 4.43 Å². The molecule has 0 atom stereocenters. The first-order valence-corrected chi connectivity index (χ1v) is 10.3. The molecule has 0 heterocycles. The first-order valence-electron chi connectivity index (χ1n) is 7.39. The van der Waals surface area contributed by atoms with Gasteiger partial charge in [-0.3, -0.25) is 4.79 Å². The molecular weight excluding hydrogens is 270 g/mol. The van der Waals surface area contributed by atoms with Crippen LogP contribution in [-0.4, -0.2) is 31.3 Å². The van der Waals surface area contributed by atoms with Crippen molar-refractivity contribution >= 4 is 20.2 Å². The van der Waals surface area contributed by atoms with Gasteiger partial charge in [-0.05, 0) is 43.8 Å². The molecule has 112 valence electrons. The van der Waals surface area contributed by atoms with Crippen LogP contribution >= 0.6 is 0 Å². The van der Waals surface area contributed by atoms with E-state index in [2.05, 4.69) is 38.9 Å². The van der Waals surface area contributed by atoms with Gasteiger partial charge in [0.05, 0.1) is 5.60 Å². The molecule has 3 saturated carbocycles. The third-order valence-electron chi connectivity index (χ3n) is 5.53. The van der Waals surface area contributed by atoms with E-state index in [-0.39, 0.29) is 16.4 Å². The second kappa shape index (κ2) is 4.62. The summed E-state index contributed by atoms with van der Waals surface area (Å²) in [6.45, 7) is 11.1. The van der Waals surface area contributed by atoms with Gasteiger partial charge in [-0.2, -0.15) is 4.99 Å². The van der Waals surface area contributed by atoms with Gasteiger partial charge in [0.2, 0.25) is 6.08 Å². The maximum Gasteiger partial charge on any atom is 0.235 e. The lowest BCUT2D eigenvalue weighted by Gasteiger charge is -2.53. The number of isocyanates is 1. The third-order valence-corrected chi connectivity index (χ3v) is 10.1. The normalized spacial score (nSPS) is 34.0. The maximum atomic E-state index is 12.4. The lowest BCUT2D eigenvalue weighted by atomic mass is 9.63. The Balaban J connectivity index is 2.21. The smallest absolute Gasteiger partial charge is 0.235 e. The summed E-state index contributed by atoms with van der Waals surface area (Å²) in [6.07, 6.45) is 4.93. The van der Waals surface area contributed by atoms with Gasteiger partial charge in [-0.25, -0.2) is 4.79 Å². The minimum atomic E-state index is -1.89. The molecular formula is C15H25NO3Si. The van der Waals surface area contributed by atoms with Crippen molar-refractivity contribution in [3.63, 3.8) is 0 Å². The SMILES string of the molecule is CC(C)(C)[Si](C)(C)OC12CCC(N=C=O)(CC1)C(=O)C2. The van der Waals surface area contributed by atoms with Gasteiger partial charge >= 0.3 is 0 Å². The molecule has 4 nitrogen and oxygen atoms in total. The summed E-state index contributed by atoms with van der Waals surface area (Å²) in [5.74, 6) is 0.0667. The van der Waals surface area contributed by atoms with E-state index in [1.807, 2.05) is 0 Å². The van der Waals surface area contributed by atoms with Gasteiger partial charge in [0.25, 0.3) is 0 Å². The Morgan fingerprint density at radius 3 is 2.15 bits per heavy atom. The molecule has 5 heteroatoms. The van der Waals surface area contributed by atoms with Gasteiger partial charge in [0.1, 0.15) is 5.54 Å². The van der Waals surface area contributed by atoms with Crippen molar-refractivity contribution in [1.82, 2.24) is 0 Å². The average molecular weight is 295 g/mol. The Morgan fingerprint density at radius 1 is 1.20 bits per heavy atom. The van der Waals surface area contributed by atoms with Crippen molar-refractivity contribution < 1.29 is 14.0 Å². The van der Waals surface area contributed by atoms with Crippen LogP contribution in [0.1, 0.15) is 52.9 Å². The van der Waals surface area contributed by atoms with E-state index in [1.165, 1.54) is 0 Å². The quantitative estimate of drug-likeness (QED) is 0.456. The maximum absolute atomic E-state index is 12.4. The molecule has 3 fully saturated rings. The van der Waals surface area contributed by atoms with Crippen LogP contribution in [0.2, 0.25) is 18.1 Å². The van der Waals surface area contributed by atoms with Gasteiger partial charge in [-0.1, -0.05) is 20.8 Å². The fourth-order valence-electron chi connectivity index (χ4n) is 3.13. The van der Waals surface area contributed by atoms with E-state index in [0.29, 0.717) is 19.3 Å². The highest BCUT2D eigenvalue weighted by molar-refractivity contribution is 6.74. The number of ketones is 1. The summed E-state index contributed by atoms with van der Waals surface area (Å²) in [5.41, 5.74) is -1.08. The van der Waals surface area contributed by atoms with Crippen molar-refractivity contribution in [2.75, 3.05) is 0 Å². The highest BCUT2D eigenvalue weighted by Gasteiger charge is 2.57. The molecule has 0 N–H and O–H groups in total. The zero-order chi connectivity index (χ0) is 15.2. The molecule has 0 spiro atoms. The monoisotopic (exact) mass is 295 g/mol. The predicted molar refractivity (Wildman–Crippen MR) is 80.0 cm³/mol. The number of nitrogens with zero attached hydrogens (tertiary/aromatic N) is 1. The van der Waals surface area contributed by atoms with Crippen molar-refractivity contribution in [3.8, 4) is 0 Å². The topological polar surface area (TPSA) is 55.7 Å². The van der Waals surface area contributed by atoms with Crippen molar-refractivity contribution in [2.24, 2.45) is 4.99 Å². The Labute approximate surface area is 122 Å². The van der Waals surface area contributed by atoms with E-state index >= 15 is 0 Å². The zero-order valence-electron chi connectivity index (χ0n) is 13.2. The number of Topliss-reactive ketones (excluding diaryl/α,β-unsaturated/α-hetero) is 1. The number of carbonyl (C=O) groups excluding carboxylic acids is 2. The predicted octanol–water partition coefficient (Wildman–Crippen LogP) is 3.37. The van der Waals surface area contributed by atoms with Crippen LogP contribution in [0, 0.1) is 0 Å². The second-order valence-electron chi connectivity index (χ2n) is 7.88. The van der Waals surface area contributed by atoms with Gasteiger partial charge in [-0.15, -0.1) is 0 Å². The van der Waals surface area contributed by atoms with Crippen LogP contribution in [0.25, 0.3) is 0 Å². The minimum absolute atomic E-state index is 0.0667. The molecule has 0 aromatic rings. The molecule has 3 aliphatic carbocycles. The molecule has 0 aliphatic heterocycles. The molecule has 0 unspecified atom stereocenters. The van der Waals surface area contributed by atoms with Crippen LogP contribution in [0.5, 0.6) is 0 Å². The first-order chi connectivity index (χ1) is 9.06. The highest BCUT2D eigenvalue weighted by Crippen LogP contribution is 2.51. The van der Waals surface area contributed by atoms with Crippen LogP contribution in [0.3, 0.4) is 0 Å². The van der Waals surface area contributed by atoms with Gasteiger partial charge in [0.15, 0.2) is 14.1 Å². The van der Waals surface area contributed by atoms with Crippen LogP contribution in [0.4, 0.5) is 0 Å². The number of carbonyl (C=O) groups is 1. The number of hydrogen-bond donors (Lipinski definition) is 0. The van der Waals surface area contributed by atoms with E-state index in [1.54, 1.807) is 6.08 Å².